The van der Waals surface area contributed by atoms with E-state index in [4.69, 9.17) is 0 Å². The first-order chi connectivity index (χ1) is 18.8. The molecule has 0 saturated carbocycles. The van der Waals surface area contributed by atoms with Crippen LogP contribution in [0.2, 0.25) is 0 Å². The van der Waals surface area contributed by atoms with E-state index in [2.05, 4.69) is 105 Å². The molecule has 0 radical (unpaired) electrons. The molecule has 0 fully saturated rings. The predicted molar refractivity (Wildman–Crippen MR) is 157 cm³/mol. The summed E-state index contributed by atoms with van der Waals surface area (Å²) < 4.78 is 14.4. The van der Waals surface area contributed by atoms with Gasteiger partial charge in [0.25, 0.3) is 0 Å². The van der Waals surface area contributed by atoms with Crippen molar-refractivity contribution in [3.8, 4) is 22.4 Å². The fourth-order valence-corrected chi connectivity index (χ4v) is 6.65. The number of benzene rings is 5. The number of hydrogen-bond donors (Lipinski definition) is 0. The van der Waals surface area contributed by atoms with Crippen molar-refractivity contribution in [1.29, 1.82) is 0 Å². The predicted octanol–water partition coefficient (Wildman–Crippen LogP) is 9.22. The first-order valence-electron chi connectivity index (χ1n) is 13.3. The summed E-state index contributed by atoms with van der Waals surface area (Å²) in [6.07, 6.45) is 1.89. The molecule has 0 N–H and O–H groups in total. The van der Waals surface area contributed by atoms with Crippen LogP contribution in [0.5, 0.6) is 0 Å². The number of pyridine rings is 1. The molecule has 0 amide bonds. The van der Waals surface area contributed by atoms with Gasteiger partial charge in [-0.2, -0.15) is 24.3 Å². The smallest absolute Gasteiger partial charge is 0.304 e. The van der Waals surface area contributed by atoms with Gasteiger partial charge in [0.1, 0.15) is 0 Å². The molecule has 0 atom stereocenters. The Morgan fingerprint density at radius 2 is 1.23 bits per heavy atom. The Balaban J connectivity index is 0.000000141. The number of nitrogens with zero attached hydrogens (tertiary/aromatic N) is 1. The molecule has 1 nitrogen and oxygen atoms in total. The first-order valence-corrected chi connectivity index (χ1v) is 13.3. The summed E-state index contributed by atoms with van der Waals surface area (Å²) in [5, 5.41) is 4.89. The SMILES string of the molecule is CC1(C)c2c([c-]ccc2F)-c2[c-]ccc3cccc1c23.CC1(C)c2ccc[c-]c2-c2nccc3cccc1c23.[Ir+3]. The Bertz CT molecular complexity index is 1920. The average Bonchev–Trinajstić information content (AvgIpc) is 2.95. The minimum Gasteiger partial charge on any atom is -0.304 e. The topological polar surface area (TPSA) is 12.9 Å². The van der Waals surface area contributed by atoms with Crippen molar-refractivity contribution < 1.29 is 24.5 Å². The monoisotopic (exact) mass is 697 g/mol. The maximum absolute atomic E-state index is 14.4. The molecule has 0 aliphatic heterocycles. The van der Waals surface area contributed by atoms with Crippen molar-refractivity contribution in [1.82, 2.24) is 4.98 Å². The number of halogens is 1. The second kappa shape index (κ2) is 9.47. The fourth-order valence-electron chi connectivity index (χ4n) is 6.65. The molecule has 0 spiro atoms. The summed E-state index contributed by atoms with van der Waals surface area (Å²) >= 11 is 0. The van der Waals surface area contributed by atoms with Gasteiger partial charge in [-0.1, -0.05) is 69.7 Å². The van der Waals surface area contributed by atoms with Crippen molar-refractivity contribution in [2.75, 3.05) is 0 Å². The van der Waals surface area contributed by atoms with Crippen LogP contribution in [-0.2, 0) is 30.9 Å². The molecule has 196 valence electrons. The van der Waals surface area contributed by atoms with Crippen LogP contribution in [0.1, 0.15) is 49.9 Å². The quantitative estimate of drug-likeness (QED) is 0.144. The molecule has 3 heteroatoms. The van der Waals surface area contributed by atoms with E-state index in [9.17, 15) is 4.39 Å². The van der Waals surface area contributed by atoms with Crippen molar-refractivity contribution >= 4 is 21.5 Å². The molecular weight excluding hydrogens is 670 g/mol. The van der Waals surface area contributed by atoms with E-state index >= 15 is 0 Å². The van der Waals surface area contributed by atoms with Crippen molar-refractivity contribution in [3.63, 3.8) is 0 Å². The van der Waals surface area contributed by atoms with E-state index in [-0.39, 0.29) is 36.8 Å². The second-order valence-corrected chi connectivity index (χ2v) is 11.5. The Hall–Kier alpha value is -3.65. The van der Waals surface area contributed by atoms with Gasteiger partial charge in [-0.25, -0.2) is 15.5 Å². The minimum atomic E-state index is -0.362. The van der Waals surface area contributed by atoms with E-state index in [1.807, 2.05) is 24.4 Å². The molecule has 1 heterocycles. The zero-order valence-corrected chi connectivity index (χ0v) is 25.2. The molecule has 5 aromatic carbocycles. The molecule has 6 aromatic rings. The van der Waals surface area contributed by atoms with Crippen LogP contribution in [0.4, 0.5) is 4.39 Å². The number of aromatic nitrogens is 1. The van der Waals surface area contributed by atoms with Crippen molar-refractivity contribution in [2.45, 2.75) is 38.5 Å². The van der Waals surface area contributed by atoms with Crippen LogP contribution in [-0.4, -0.2) is 4.98 Å². The molecule has 2 aliphatic rings. The van der Waals surface area contributed by atoms with Crippen LogP contribution >= 0.6 is 0 Å². The van der Waals surface area contributed by atoms with Gasteiger partial charge < -0.3 is 4.98 Å². The fraction of sp³-hybridized carbons (Fsp3) is 0.162. The average molecular weight is 697 g/mol. The van der Waals surface area contributed by atoms with Crippen LogP contribution in [0, 0.1) is 24.0 Å². The summed E-state index contributed by atoms with van der Waals surface area (Å²) in [5.41, 5.74) is 8.23. The van der Waals surface area contributed by atoms with Crippen LogP contribution in [0.25, 0.3) is 43.9 Å². The van der Waals surface area contributed by atoms with Gasteiger partial charge in [0.15, 0.2) is 0 Å². The van der Waals surface area contributed by atoms with Gasteiger partial charge in [0.05, 0.1) is 0 Å². The normalized spacial score (nSPS) is 14.8. The molecule has 8 rings (SSSR count). The van der Waals surface area contributed by atoms with E-state index < -0.39 is 0 Å². The Morgan fingerprint density at radius 1 is 0.600 bits per heavy atom. The standard InChI is InChI=1S/C19H13F.C18H14N.Ir/c1-19(2)15-10-4-7-12-6-3-8-13(17(12)15)14-9-5-11-16(20)18(14)19;1-18(2)14-8-4-3-7-13(14)17-16-12(10-11-19-17)6-5-9-15(16)18;/h3-7,10-11H,1-2H3;3-6,8-11H,1-2H3;/q-2;-1;+3. The molecule has 0 saturated heterocycles. The number of fused-ring (bicyclic) bond motifs is 4. The number of rotatable bonds is 0. The van der Waals surface area contributed by atoms with Gasteiger partial charge >= 0.3 is 20.1 Å². The van der Waals surface area contributed by atoms with Gasteiger partial charge in [0, 0.05) is 12.0 Å². The zero-order chi connectivity index (χ0) is 26.9. The van der Waals surface area contributed by atoms with Gasteiger partial charge in [-0.3, -0.25) is 0 Å². The maximum atomic E-state index is 14.4. The van der Waals surface area contributed by atoms with E-state index in [0.717, 1.165) is 33.5 Å². The largest absolute Gasteiger partial charge is 3.00 e. The molecule has 0 unspecified atom stereocenters. The number of hydrogen-bond acceptors (Lipinski definition) is 1. The van der Waals surface area contributed by atoms with Crippen LogP contribution in [0.3, 0.4) is 0 Å². The van der Waals surface area contributed by atoms with E-state index in [1.54, 1.807) is 6.07 Å². The minimum absolute atomic E-state index is 0. The second-order valence-electron chi connectivity index (χ2n) is 11.5. The Morgan fingerprint density at radius 3 is 2.00 bits per heavy atom. The third-order valence-corrected chi connectivity index (χ3v) is 8.56. The Kier molecular flexibility index (Phi) is 6.29. The van der Waals surface area contributed by atoms with Crippen molar-refractivity contribution in [2.24, 2.45) is 0 Å². The van der Waals surface area contributed by atoms with E-state index in [1.165, 1.54) is 38.7 Å². The summed E-state index contributed by atoms with van der Waals surface area (Å²) in [6.45, 7) is 8.72. The van der Waals surface area contributed by atoms with Crippen molar-refractivity contribution in [3.05, 3.63) is 137 Å². The molecular formula is C37H27FIrN. The van der Waals surface area contributed by atoms with Gasteiger partial charge in [-0.15, -0.1) is 63.9 Å². The summed E-state index contributed by atoms with van der Waals surface area (Å²) in [5.74, 6) is -0.163. The van der Waals surface area contributed by atoms with E-state index in [0.29, 0.717) is 0 Å². The third-order valence-electron chi connectivity index (χ3n) is 8.56. The molecule has 2 aliphatic carbocycles. The van der Waals surface area contributed by atoms with Gasteiger partial charge in [-0.05, 0) is 38.9 Å². The first kappa shape index (κ1) is 26.6. The van der Waals surface area contributed by atoms with Gasteiger partial charge in [0.2, 0.25) is 0 Å². The summed E-state index contributed by atoms with van der Waals surface area (Å²) in [6, 6.07) is 38.1. The van der Waals surface area contributed by atoms with Crippen LogP contribution in [0.15, 0.2) is 91.1 Å². The molecule has 1 aromatic heterocycles. The molecule has 0 bridgehead atoms. The maximum Gasteiger partial charge on any atom is 3.00 e. The summed E-state index contributed by atoms with van der Waals surface area (Å²) in [7, 11) is 0. The Labute approximate surface area is 248 Å². The van der Waals surface area contributed by atoms with Crippen LogP contribution < -0.4 is 0 Å². The molecule has 40 heavy (non-hydrogen) atoms. The zero-order valence-electron chi connectivity index (χ0n) is 22.8. The summed E-state index contributed by atoms with van der Waals surface area (Å²) in [4.78, 5) is 4.61. The third kappa shape index (κ3) is 3.72.